The van der Waals surface area contributed by atoms with Gasteiger partial charge in [0, 0.05) is 0 Å². The molecule has 0 amide bonds. The lowest BCUT2D eigenvalue weighted by atomic mass is 10.2. The molecule has 2 rings (SSSR count). The second-order valence-electron chi connectivity index (χ2n) is 3.61. The molecule has 0 atom stereocenters. The summed E-state index contributed by atoms with van der Waals surface area (Å²) in [5.41, 5.74) is -0.560. The Balaban J connectivity index is 2.74. The predicted octanol–water partition coefficient (Wildman–Crippen LogP) is 2.23. The van der Waals surface area contributed by atoms with Gasteiger partial charge in [-0.1, -0.05) is 0 Å². The van der Waals surface area contributed by atoms with Crippen molar-refractivity contribution in [1.82, 2.24) is 9.78 Å². The van der Waals surface area contributed by atoms with E-state index in [2.05, 4.69) is 41.7 Å². The van der Waals surface area contributed by atoms with Crippen LogP contribution in [0.15, 0.2) is 26.0 Å². The fourth-order valence-corrected chi connectivity index (χ4v) is 2.47. The van der Waals surface area contributed by atoms with E-state index < -0.39 is 17.3 Å². The van der Waals surface area contributed by atoms with E-state index in [9.17, 15) is 14.0 Å². The molecule has 0 aliphatic carbocycles. The van der Waals surface area contributed by atoms with Crippen molar-refractivity contribution < 1.29 is 13.9 Å². The van der Waals surface area contributed by atoms with Gasteiger partial charge in [-0.3, -0.25) is 9.59 Å². The van der Waals surface area contributed by atoms with E-state index in [4.69, 9.17) is 0 Å². The summed E-state index contributed by atoms with van der Waals surface area (Å²) in [6.45, 7) is -0.332. The highest BCUT2D eigenvalue weighted by Gasteiger charge is 2.16. The third-order valence-corrected chi connectivity index (χ3v) is 3.65. The van der Waals surface area contributed by atoms with E-state index in [1.54, 1.807) is 0 Å². The number of carbonyl (C=O) groups is 1. The Labute approximate surface area is 123 Å². The minimum atomic E-state index is -0.613. The maximum absolute atomic E-state index is 13.9. The van der Waals surface area contributed by atoms with Crippen LogP contribution in [0.1, 0.15) is 0 Å². The smallest absolute Gasteiger partial charge is 0.327 e. The summed E-state index contributed by atoms with van der Waals surface area (Å²) < 4.78 is 19.7. The summed E-state index contributed by atoms with van der Waals surface area (Å²) in [5, 5.41) is 4.05. The maximum atomic E-state index is 13.9. The van der Waals surface area contributed by atoms with Crippen LogP contribution in [0.5, 0.6) is 0 Å². The van der Waals surface area contributed by atoms with Gasteiger partial charge in [0.25, 0.3) is 5.56 Å². The molecule has 100 valence electrons. The van der Waals surface area contributed by atoms with Crippen LogP contribution in [0.2, 0.25) is 0 Å². The molecule has 1 aromatic carbocycles. The molecule has 1 aromatic heterocycles. The molecule has 5 nitrogen and oxygen atoms in total. The summed E-state index contributed by atoms with van der Waals surface area (Å²) in [5.74, 6) is -1.20. The number of rotatable bonds is 2. The molecule has 19 heavy (non-hydrogen) atoms. The van der Waals surface area contributed by atoms with Crippen LogP contribution in [0, 0.1) is 5.82 Å². The summed E-state index contributed by atoms with van der Waals surface area (Å²) >= 11 is 6.13. The first-order valence-electron chi connectivity index (χ1n) is 5.07. The highest BCUT2D eigenvalue weighted by Crippen LogP contribution is 2.27. The number of esters is 1. The molecular formula is C11H7Br2FN2O3. The molecule has 0 spiro atoms. The van der Waals surface area contributed by atoms with Crippen molar-refractivity contribution in [2.24, 2.45) is 0 Å². The summed E-state index contributed by atoms with van der Waals surface area (Å²) in [6.07, 6.45) is 0. The lowest BCUT2D eigenvalue weighted by molar-refractivity contribution is -0.141. The van der Waals surface area contributed by atoms with Crippen molar-refractivity contribution in [3.8, 4) is 0 Å². The van der Waals surface area contributed by atoms with Gasteiger partial charge in [0.05, 0.1) is 22.4 Å². The fourth-order valence-electron chi connectivity index (χ4n) is 1.56. The van der Waals surface area contributed by atoms with Crippen LogP contribution in [0.4, 0.5) is 4.39 Å². The molecule has 0 unspecified atom stereocenters. The van der Waals surface area contributed by atoms with E-state index in [1.165, 1.54) is 19.2 Å². The largest absolute Gasteiger partial charge is 0.468 e. The van der Waals surface area contributed by atoms with Crippen molar-refractivity contribution in [2.75, 3.05) is 7.11 Å². The zero-order chi connectivity index (χ0) is 14.2. The number of hydrogen-bond acceptors (Lipinski definition) is 4. The molecule has 0 radical (unpaired) electrons. The highest BCUT2D eigenvalue weighted by molar-refractivity contribution is 9.11. The number of ether oxygens (including phenoxy) is 1. The van der Waals surface area contributed by atoms with Crippen LogP contribution in [-0.2, 0) is 16.1 Å². The summed E-state index contributed by atoms with van der Waals surface area (Å²) in [7, 11) is 1.21. The molecule has 0 saturated heterocycles. The number of halogens is 3. The number of hydrogen-bond donors (Lipinski definition) is 0. The Morgan fingerprint density at radius 3 is 2.79 bits per heavy atom. The zero-order valence-corrected chi connectivity index (χ0v) is 12.8. The van der Waals surface area contributed by atoms with Crippen LogP contribution < -0.4 is 5.56 Å². The van der Waals surface area contributed by atoms with Gasteiger partial charge in [0.15, 0.2) is 0 Å². The van der Waals surface area contributed by atoms with Crippen LogP contribution >= 0.6 is 31.9 Å². The monoisotopic (exact) mass is 392 g/mol. The molecule has 0 saturated carbocycles. The SMILES string of the molecule is COC(=O)Cn1nc(Br)c2c(F)c(Br)ccc2c1=O. The average molecular weight is 394 g/mol. The molecule has 0 fully saturated rings. The number of methoxy groups -OCH3 is 1. The second kappa shape index (κ2) is 5.38. The first kappa shape index (κ1) is 14.1. The second-order valence-corrected chi connectivity index (χ2v) is 5.22. The van der Waals surface area contributed by atoms with Gasteiger partial charge < -0.3 is 4.74 Å². The number of benzene rings is 1. The van der Waals surface area contributed by atoms with Gasteiger partial charge in [0.1, 0.15) is 17.0 Å². The Morgan fingerprint density at radius 1 is 1.47 bits per heavy atom. The number of aromatic nitrogens is 2. The average Bonchev–Trinajstić information content (AvgIpc) is 2.38. The molecule has 8 heteroatoms. The quantitative estimate of drug-likeness (QED) is 0.734. The van der Waals surface area contributed by atoms with E-state index in [0.717, 1.165) is 4.68 Å². The van der Waals surface area contributed by atoms with E-state index >= 15 is 0 Å². The number of carbonyl (C=O) groups excluding carboxylic acids is 1. The van der Waals surface area contributed by atoms with Crippen molar-refractivity contribution >= 4 is 48.6 Å². The van der Waals surface area contributed by atoms with Crippen molar-refractivity contribution in [1.29, 1.82) is 0 Å². The standard InChI is InChI=1S/C11H7Br2FN2O3/c1-19-7(17)4-16-11(18)5-2-3-6(12)9(14)8(5)10(13)15-16/h2-3H,4H2,1H3. The molecule has 0 aliphatic rings. The van der Waals surface area contributed by atoms with Crippen LogP contribution in [-0.4, -0.2) is 22.9 Å². The van der Waals surface area contributed by atoms with E-state index in [1.807, 2.05) is 0 Å². The Morgan fingerprint density at radius 2 is 2.16 bits per heavy atom. The van der Waals surface area contributed by atoms with Crippen molar-refractivity contribution in [3.63, 3.8) is 0 Å². The van der Waals surface area contributed by atoms with Crippen LogP contribution in [0.3, 0.4) is 0 Å². The molecule has 0 aliphatic heterocycles. The van der Waals surface area contributed by atoms with Crippen molar-refractivity contribution in [2.45, 2.75) is 6.54 Å². The normalized spacial score (nSPS) is 10.7. The van der Waals surface area contributed by atoms with Gasteiger partial charge >= 0.3 is 5.97 Å². The third kappa shape index (κ3) is 2.55. The summed E-state index contributed by atoms with van der Waals surface area (Å²) in [6, 6.07) is 2.89. The predicted molar refractivity (Wildman–Crippen MR) is 73.4 cm³/mol. The summed E-state index contributed by atoms with van der Waals surface area (Å²) in [4.78, 5) is 23.3. The molecule has 2 aromatic rings. The van der Waals surface area contributed by atoms with Gasteiger partial charge in [0.2, 0.25) is 0 Å². The van der Waals surface area contributed by atoms with Gasteiger partial charge in [-0.05, 0) is 44.0 Å². The van der Waals surface area contributed by atoms with E-state index in [-0.39, 0.29) is 26.4 Å². The first-order chi connectivity index (χ1) is 8.95. The minimum absolute atomic E-state index is 0.0699. The highest BCUT2D eigenvalue weighted by atomic mass is 79.9. The Bertz CT molecular complexity index is 730. The lowest BCUT2D eigenvalue weighted by Crippen LogP contribution is -2.27. The molecule has 1 heterocycles. The number of nitrogens with zero attached hydrogens (tertiary/aromatic N) is 2. The Hall–Kier alpha value is -1.28. The zero-order valence-electron chi connectivity index (χ0n) is 9.61. The van der Waals surface area contributed by atoms with Crippen LogP contribution in [0.25, 0.3) is 10.8 Å². The van der Waals surface area contributed by atoms with E-state index in [0.29, 0.717) is 0 Å². The topological polar surface area (TPSA) is 61.2 Å². The maximum Gasteiger partial charge on any atom is 0.327 e. The first-order valence-corrected chi connectivity index (χ1v) is 6.65. The van der Waals surface area contributed by atoms with Gasteiger partial charge in [-0.2, -0.15) is 5.10 Å². The van der Waals surface area contributed by atoms with Gasteiger partial charge in [-0.15, -0.1) is 0 Å². The fraction of sp³-hybridized carbons (Fsp3) is 0.182. The van der Waals surface area contributed by atoms with Crippen molar-refractivity contribution in [3.05, 3.63) is 37.4 Å². The third-order valence-electron chi connectivity index (χ3n) is 2.48. The lowest BCUT2D eigenvalue weighted by Gasteiger charge is -2.08. The number of fused-ring (bicyclic) bond motifs is 1. The molecule has 0 N–H and O–H groups in total. The van der Waals surface area contributed by atoms with Gasteiger partial charge in [-0.25, -0.2) is 9.07 Å². The minimum Gasteiger partial charge on any atom is -0.468 e. The molecular weight excluding hydrogens is 387 g/mol. The molecule has 0 bridgehead atoms. The Kier molecular flexibility index (Phi) is 4.00.